The summed E-state index contributed by atoms with van der Waals surface area (Å²) in [5, 5.41) is 21.9. The van der Waals surface area contributed by atoms with Crippen molar-refractivity contribution in [3.05, 3.63) is 35.5 Å². The molecule has 1 heterocycles. The van der Waals surface area contributed by atoms with Crippen LogP contribution in [0.1, 0.15) is 11.3 Å². The average Bonchev–Trinajstić information content (AvgIpc) is 2.30. The van der Waals surface area contributed by atoms with Crippen molar-refractivity contribution in [1.29, 1.82) is 10.5 Å². The predicted molar refractivity (Wildman–Crippen MR) is 60.4 cm³/mol. The summed E-state index contributed by atoms with van der Waals surface area (Å²) in [5.41, 5.74) is 1.20. The number of hydrogen-bond donors (Lipinski definition) is 1. The Balaban J connectivity index is 2.87. The zero-order valence-electron chi connectivity index (χ0n) is 8.65. The fourth-order valence-corrected chi connectivity index (χ4v) is 1.68. The highest BCUT2D eigenvalue weighted by molar-refractivity contribution is 5.93. The summed E-state index contributed by atoms with van der Waals surface area (Å²) in [6.45, 7) is 1.85. The second-order valence-electron chi connectivity index (χ2n) is 3.32. The first-order chi connectivity index (χ1) is 7.77. The topological polar surface area (TPSA) is 72.5 Å². The van der Waals surface area contributed by atoms with Crippen LogP contribution in [0.2, 0.25) is 0 Å². The van der Waals surface area contributed by atoms with Crippen molar-refractivity contribution in [3.8, 4) is 12.3 Å². The first-order valence-corrected chi connectivity index (χ1v) is 4.72. The molecule has 1 aromatic carbocycles. The largest absolute Gasteiger partial charge is 0.276 e. The van der Waals surface area contributed by atoms with Crippen LogP contribution < -0.4 is 5.32 Å². The van der Waals surface area contributed by atoms with Gasteiger partial charge in [0.05, 0.1) is 0 Å². The van der Waals surface area contributed by atoms with Gasteiger partial charge < -0.3 is 0 Å². The number of anilines is 1. The van der Waals surface area contributed by atoms with Crippen LogP contribution in [-0.4, -0.2) is 4.98 Å². The van der Waals surface area contributed by atoms with E-state index in [2.05, 4.69) is 16.4 Å². The van der Waals surface area contributed by atoms with E-state index in [-0.39, 0.29) is 0 Å². The molecule has 0 saturated carbocycles. The molecule has 1 N–H and O–H groups in total. The van der Waals surface area contributed by atoms with Gasteiger partial charge in [-0.3, -0.25) is 5.32 Å². The van der Waals surface area contributed by atoms with Crippen LogP contribution in [0.3, 0.4) is 0 Å². The summed E-state index contributed by atoms with van der Waals surface area (Å²) in [6.07, 6.45) is 1.79. The quantitative estimate of drug-likeness (QED) is 0.576. The summed E-state index contributed by atoms with van der Waals surface area (Å²) in [6, 6.07) is 9.60. The normalized spacial score (nSPS) is 9.44. The van der Waals surface area contributed by atoms with Gasteiger partial charge in [-0.05, 0) is 6.92 Å². The molecule has 0 aliphatic heterocycles. The number of fused-ring (bicyclic) bond motifs is 1. The van der Waals surface area contributed by atoms with Gasteiger partial charge in [0.2, 0.25) is 0 Å². The zero-order valence-corrected chi connectivity index (χ0v) is 8.65. The third kappa shape index (κ3) is 1.43. The maximum absolute atomic E-state index is 9.09. The van der Waals surface area contributed by atoms with Crippen LogP contribution >= 0.6 is 0 Å². The molecule has 0 amide bonds. The second kappa shape index (κ2) is 3.88. The third-order valence-electron chi connectivity index (χ3n) is 2.39. The number of hydrogen-bond acceptors (Lipinski definition) is 4. The Morgan fingerprint density at radius 1 is 1.19 bits per heavy atom. The van der Waals surface area contributed by atoms with E-state index in [0.717, 1.165) is 16.5 Å². The highest BCUT2D eigenvalue weighted by Crippen LogP contribution is 2.25. The Hall–Kier alpha value is -2.59. The number of rotatable bonds is 1. The van der Waals surface area contributed by atoms with Crippen LogP contribution in [-0.2, 0) is 0 Å². The van der Waals surface area contributed by atoms with Crippen molar-refractivity contribution in [2.75, 3.05) is 5.32 Å². The monoisotopic (exact) mass is 208 g/mol. The van der Waals surface area contributed by atoms with Crippen LogP contribution in [0.15, 0.2) is 24.3 Å². The molecular weight excluding hydrogens is 200 g/mol. The van der Waals surface area contributed by atoms with Gasteiger partial charge in [-0.15, -0.1) is 0 Å². The van der Waals surface area contributed by atoms with E-state index in [4.69, 9.17) is 10.5 Å². The number of nitrogens with zero attached hydrogens (tertiary/aromatic N) is 3. The maximum Gasteiger partial charge on any atom is 0.182 e. The SMILES string of the molecule is Cc1nc(NC#N)c(C#N)c2ccccc12. The van der Waals surface area contributed by atoms with Crippen molar-refractivity contribution < 1.29 is 0 Å². The third-order valence-corrected chi connectivity index (χ3v) is 2.39. The van der Waals surface area contributed by atoms with Crippen LogP contribution in [0.25, 0.3) is 10.8 Å². The minimum Gasteiger partial charge on any atom is -0.276 e. The van der Waals surface area contributed by atoms with E-state index >= 15 is 0 Å². The number of aryl methyl sites for hydroxylation is 1. The molecule has 0 saturated heterocycles. The van der Waals surface area contributed by atoms with E-state index in [9.17, 15) is 0 Å². The summed E-state index contributed by atoms with van der Waals surface area (Å²) in [5.74, 6) is 0.321. The standard InChI is InChI=1S/C12H8N4/c1-8-9-4-2-3-5-10(9)11(6-13)12(16-8)15-7-14/h2-5H,1H3,(H,15,16). The Bertz CT molecular complexity index is 632. The van der Waals surface area contributed by atoms with Crippen molar-refractivity contribution >= 4 is 16.6 Å². The van der Waals surface area contributed by atoms with E-state index in [1.807, 2.05) is 31.2 Å². The lowest BCUT2D eigenvalue weighted by Crippen LogP contribution is -1.99. The van der Waals surface area contributed by atoms with Gasteiger partial charge in [-0.1, -0.05) is 24.3 Å². The van der Waals surface area contributed by atoms with Gasteiger partial charge in [0.15, 0.2) is 12.0 Å². The Labute approximate surface area is 92.8 Å². The van der Waals surface area contributed by atoms with Crippen molar-refractivity contribution in [3.63, 3.8) is 0 Å². The summed E-state index contributed by atoms with van der Waals surface area (Å²) >= 11 is 0. The lowest BCUT2D eigenvalue weighted by atomic mass is 10.1. The number of benzene rings is 1. The first-order valence-electron chi connectivity index (χ1n) is 4.72. The van der Waals surface area contributed by atoms with Gasteiger partial charge in [0, 0.05) is 16.5 Å². The lowest BCUT2D eigenvalue weighted by Gasteiger charge is -2.07. The predicted octanol–water partition coefficient (Wildman–Crippen LogP) is 2.31. The van der Waals surface area contributed by atoms with Crippen molar-refractivity contribution in [1.82, 2.24) is 4.98 Å². The van der Waals surface area contributed by atoms with E-state index in [1.165, 1.54) is 0 Å². The fourth-order valence-electron chi connectivity index (χ4n) is 1.68. The van der Waals surface area contributed by atoms with Crippen LogP contribution in [0, 0.1) is 29.7 Å². The molecule has 4 heteroatoms. The maximum atomic E-state index is 9.09. The summed E-state index contributed by atoms with van der Waals surface area (Å²) in [4.78, 5) is 4.21. The average molecular weight is 208 g/mol. The Morgan fingerprint density at radius 2 is 1.88 bits per heavy atom. The minimum absolute atomic E-state index is 0.321. The highest BCUT2D eigenvalue weighted by Gasteiger charge is 2.10. The minimum atomic E-state index is 0.321. The smallest absolute Gasteiger partial charge is 0.182 e. The van der Waals surface area contributed by atoms with Crippen molar-refractivity contribution in [2.45, 2.75) is 6.92 Å². The molecule has 2 aromatic rings. The summed E-state index contributed by atoms with van der Waals surface area (Å²) < 4.78 is 0. The molecule has 0 atom stereocenters. The molecule has 0 aliphatic carbocycles. The van der Waals surface area contributed by atoms with Gasteiger partial charge in [0.25, 0.3) is 0 Å². The Morgan fingerprint density at radius 3 is 2.50 bits per heavy atom. The van der Waals surface area contributed by atoms with Gasteiger partial charge in [0.1, 0.15) is 11.6 Å². The van der Waals surface area contributed by atoms with E-state index < -0.39 is 0 Å². The summed E-state index contributed by atoms with van der Waals surface area (Å²) in [7, 11) is 0. The molecule has 4 nitrogen and oxygen atoms in total. The molecule has 2 rings (SSSR count). The molecule has 0 bridgehead atoms. The number of aromatic nitrogens is 1. The number of nitriles is 2. The van der Waals surface area contributed by atoms with E-state index in [1.54, 1.807) is 6.19 Å². The zero-order chi connectivity index (χ0) is 11.5. The molecule has 76 valence electrons. The van der Waals surface area contributed by atoms with Crippen molar-refractivity contribution in [2.24, 2.45) is 0 Å². The lowest BCUT2D eigenvalue weighted by molar-refractivity contribution is 1.22. The van der Waals surface area contributed by atoms with Gasteiger partial charge in [-0.2, -0.15) is 10.5 Å². The fraction of sp³-hybridized carbons (Fsp3) is 0.0833. The molecule has 0 unspecified atom stereocenters. The van der Waals surface area contributed by atoms with Crippen LogP contribution in [0.4, 0.5) is 5.82 Å². The molecule has 0 aliphatic rings. The van der Waals surface area contributed by atoms with Gasteiger partial charge in [-0.25, -0.2) is 4.98 Å². The first kappa shape index (κ1) is 9.95. The van der Waals surface area contributed by atoms with Crippen LogP contribution in [0.5, 0.6) is 0 Å². The van der Waals surface area contributed by atoms with E-state index in [0.29, 0.717) is 11.4 Å². The molecule has 0 radical (unpaired) electrons. The second-order valence-corrected chi connectivity index (χ2v) is 3.32. The Kier molecular flexibility index (Phi) is 2.41. The van der Waals surface area contributed by atoms with Gasteiger partial charge >= 0.3 is 0 Å². The number of pyridine rings is 1. The molecular formula is C12H8N4. The highest BCUT2D eigenvalue weighted by atomic mass is 15.0. The molecule has 16 heavy (non-hydrogen) atoms. The molecule has 1 aromatic heterocycles. The molecule has 0 fully saturated rings. The molecule has 0 spiro atoms. The number of nitrogens with one attached hydrogen (secondary N) is 1.